The van der Waals surface area contributed by atoms with E-state index in [0.29, 0.717) is 6.61 Å². The molecular weight excluding hydrogens is 264 g/mol. The standard InChI is InChI=1S/C18H24O3/c1-3-4-13-20-16(19)18(15-9-7-14(2)8-10-15)17(21-18)11-5-6-12-17/h7-10H,3-6,11-13H2,1-2H3. The van der Waals surface area contributed by atoms with Crippen LogP contribution < -0.4 is 0 Å². The maximum absolute atomic E-state index is 12.7. The maximum atomic E-state index is 12.7. The first-order chi connectivity index (χ1) is 10.1. The number of benzene rings is 1. The highest BCUT2D eigenvalue weighted by Crippen LogP contribution is 2.64. The molecule has 1 aromatic rings. The van der Waals surface area contributed by atoms with Gasteiger partial charge in [0.1, 0.15) is 5.60 Å². The number of hydrogen-bond donors (Lipinski definition) is 0. The molecule has 2 aliphatic rings. The summed E-state index contributed by atoms with van der Waals surface area (Å²) in [6, 6.07) is 8.12. The fourth-order valence-corrected chi connectivity index (χ4v) is 3.53. The first-order valence-electron chi connectivity index (χ1n) is 8.09. The monoisotopic (exact) mass is 288 g/mol. The van der Waals surface area contributed by atoms with Crippen molar-refractivity contribution in [3.05, 3.63) is 35.4 Å². The predicted octanol–water partition coefficient (Wildman–Crippen LogP) is 3.88. The van der Waals surface area contributed by atoms with Crippen molar-refractivity contribution in [1.82, 2.24) is 0 Å². The van der Waals surface area contributed by atoms with Gasteiger partial charge in [-0.25, -0.2) is 4.79 Å². The van der Waals surface area contributed by atoms with Crippen molar-refractivity contribution < 1.29 is 14.3 Å². The lowest BCUT2D eigenvalue weighted by molar-refractivity contribution is -0.150. The van der Waals surface area contributed by atoms with E-state index in [1.807, 2.05) is 24.3 Å². The Kier molecular flexibility index (Phi) is 3.78. The number of carbonyl (C=O) groups excluding carboxylic acids is 1. The van der Waals surface area contributed by atoms with Crippen molar-refractivity contribution in [2.45, 2.75) is 63.6 Å². The Morgan fingerprint density at radius 2 is 1.90 bits per heavy atom. The number of ether oxygens (including phenoxy) is 2. The second-order valence-corrected chi connectivity index (χ2v) is 6.34. The van der Waals surface area contributed by atoms with Crippen LogP contribution in [0, 0.1) is 6.92 Å². The van der Waals surface area contributed by atoms with Crippen LogP contribution in [0.25, 0.3) is 0 Å². The van der Waals surface area contributed by atoms with Gasteiger partial charge in [0.2, 0.25) is 5.60 Å². The lowest BCUT2D eigenvalue weighted by Gasteiger charge is -2.16. The van der Waals surface area contributed by atoms with Crippen molar-refractivity contribution in [3.8, 4) is 0 Å². The first kappa shape index (κ1) is 14.6. The molecule has 0 aromatic heterocycles. The quantitative estimate of drug-likeness (QED) is 0.469. The predicted molar refractivity (Wildman–Crippen MR) is 81.0 cm³/mol. The van der Waals surface area contributed by atoms with Gasteiger partial charge in [0, 0.05) is 0 Å². The van der Waals surface area contributed by atoms with Crippen molar-refractivity contribution in [3.63, 3.8) is 0 Å². The van der Waals surface area contributed by atoms with E-state index in [2.05, 4.69) is 13.8 Å². The molecule has 2 fully saturated rings. The van der Waals surface area contributed by atoms with Gasteiger partial charge in [-0.15, -0.1) is 0 Å². The number of hydrogen-bond acceptors (Lipinski definition) is 3. The number of aryl methyl sites for hydroxylation is 1. The van der Waals surface area contributed by atoms with Gasteiger partial charge < -0.3 is 9.47 Å². The summed E-state index contributed by atoms with van der Waals surface area (Å²) in [5, 5.41) is 0. The summed E-state index contributed by atoms with van der Waals surface area (Å²) in [6.45, 7) is 4.63. The molecule has 1 atom stereocenters. The van der Waals surface area contributed by atoms with Crippen LogP contribution in [0.1, 0.15) is 56.6 Å². The first-order valence-corrected chi connectivity index (χ1v) is 8.09. The Morgan fingerprint density at radius 1 is 1.24 bits per heavy atom. The normalized spacial score (nSPS) is 26.0. The van der Waals surface area contributed by atoms with Crippen molar-refractivity contribution in [2.24, 2.45) is 0 Å². The van der Waals surface area contributed by atoms with Crippen LogP contribution in [0.2, 0.25) is 0 Å². The second kappa shape index (κ2) is 5.45. The van der Waals surface area contributed by atoms with Gasteiger partial charge in [-0.2, -0.15) is 0 Å². The number of carbonyl (C=O) groups is 1. The van der Waals surface area contributed by atoms with E-state index in [0.717, 1.165) is 44.1 Å². The van der Waals surface area contributed by atoms with Gasteiger partial charge in [0.05, 0.1) is 6.61 Å². The van der Waals surface area contributed by atoms with Gasteiger partial charge in [-0.1, -0.05) is 56.0 Å². The maximum Gasteiger partial charge on any atom is 0.346 e. The average molecular weight is 288 g/mol. The molecular formula is C18H24O3. The van der Waals surface area contributed by atoms with Crippen LogP contribution in [0.15, 0.2) is 24.3 Å². The Labute approximate surface area is 126 Å². The van der Waals surface area contributed by atoms with E-state index in [4.69, 9.17) is 9.47 Å². The third-order valence-corrected chi connectivity index (χ3v) is 4.84. The Morgan fingerprint density at radius 3 is 2.52 bits per heavy atom. The van der Waals surface area contributed by atoms with Crippen LogP contribution in [0.3, 0.4) is 0 Å². The Balaban J connectivity index is 1.86. The molecule has 0 bridgehead atoms. The minimum Gasteiger partial charge on any atom is -0.463 e. The lowest BCUT2D eigenvalue weighted by Crippen LogP contribution is -2.32. The number of esters is 1. The fraction of sp³-hybridized carbons (Fsp3) is 0.611. The third kappa shape index (κ3) is 2.28. The molecule has 1 spiro atoms. The highest BCUT2D eigenvalue weighted by molar-refractivity contribution is 5.87. The van der Waals surface area contributed by atoms with Gasteiger partial charge in [-0.05, 0) is 31.7 Å². The van der Waals surface area contributed by atoms with E-state index in [1.54, 1.807) is 0 Å². The zero-order valence-corrected chi connectivity index (χ0v) is 13.0. The molecule has 0 radical (unpaired) electrons. The molecule has 0 amide bonds. The molecule has 0 N–H and O–H groups in total. The molecule has 1 saturated heterocycles. The van der Waals surface area contributed by atoms with Gasteiger partial charge >= 0.3 is 5.97 Å². The van der Waals surface area contributed by atoms with Gasteiger partial charge in [0.25, 0.3) is 0 Å². The van der Waals surface area contributed by atoms with Crippen LogP contribution in [0.4, 0.5) is 0 Å². The molecule has 3 heteroatoms. The topological polar surface area (TPSA) is 38.8 Å². The van der Waals surface area contributed by atoms with E-state index in [-0.39, 0.29) is 11.6 Å². The van der Waals surface area contributed by atoms with Gasteiger partial charge in [-0.3, -0.25) is 0 Å². The summed E-state index contributed by atoms with van der Waals surface area (Å²) in [7, 11) is 0. The smallest absolute Gasteiger partial charge is 0.346 e. The molecule has 3 rings (SSSR count). The zero-order valence-electron chi connectivity index (χ0n) is 13.0. The van der Waals surface area contributed by atoms with Gasteiger partial charge in [0.15, 0.2) is 0 Å². The van der Waals surface area contributed by atoms with Crippen LogP contribution in [0.5, 0.6) is 0 Å². The fourth-order valence-electron chi connectivity index (χ4n) is 3.53. The van der Waals surface area contributed by atoms with E-state index in [9.17, 15) is 4.79 Å². The molecule has 1 aliphatic heterocycles. The van der Waals surface area contributed by atoms with Crippen molar-refractivity contribution >= 4 is 5.97 Å². The summed E-state index contributed by atoms with van der Waals surface area (Å²) in [5.41, 5.74) is 1.00. The molecule has 1 unspecified atom stereocenters. The van der Waals surface area contributed by atoms with Crippen molar-refractivity contribution in [2.75, 3.05) is 6.61 Å². The summed E-state index contributed by atoms with van der Waals surface area (Å²) in [5.74, 6) is -0.193. The highest BCUT2D eigenvalue weighted by atomic mass is 16.7. The zero-order chi connectivity index (χ0) is 14.9. The minimum atomic E-state index is -0.842. The van der Waals surface area contributed by atoms with Crippen LogP contribution in [-0.4, -0.2) is 18.2 Å². The summed E-state index contributed by atoms with van der Waals surface area (Å²) in [6.07, 6.45) is 6.12. The van der Waals surface area contributed by atoms with Crippen LogP contribution in [-0.2, 0) is 19.9 Å². The number of unbranched alkanes of at least 4 members (excludes halogenated alkanes) is 1. The molecule has 1 saturated carbocycles. The largest absolute Gasteiger partial charge is 0.463 e. The summed E-state index contributed by atoms with van der Waals surface area (Å²) < 4.78 is 11.6. The molecule has 21 heavy (non-hydrogen) atoms. The molecule has 3 nitrogen and oxygen atoms in total. The van der Waals surface area contributed by atoms with Crippen LogP contribution >= 0.6 is 0 Å². The summed E-state index contributed by atoms with van der Waals surface area (Å²) in [4.78, 5) is 12.7. The Hall–Kier alpha value is -1.35. The van der Waals surface area contributed by atoms with E-state index < -0.39 is 5.60 Å². The molecule has 1 aliphatic carbocycles. The molecule has 1 aromatic carbocycles. The van der Waals surface area contributed by atoms with Crippen molar-refractivity contribution in [1.29, 1.82) is 0 Å². The average Bonchev–Trinajstić information content (AvgIpc) is 2.88. The third-order valence-electron chi connectivity index (χ3n) is 4.84. The van der Waals surface area contributed by atoms with E-state index >= 15 is 0 Å². The number of epoxide rings is 1. The Bertz CT molecular complexity index is 514. The molecule has 1 heterocycles. The highest BCUT2D eigenvalue weighted by Gasteiger charge is 2.76. The molecule has 114 valence electrons. The SMILES string of the molecule is CCCCOC(=O)C1(c2ccc(C)cc2)OC12CCCC2. The summed E-state index contributed by atoms with van der Waals surface area (Å²) >= 11 is 0. The minimum absolute atomic E-state index is 0.193. The lowest BCUT2D eigenvalue weighted by atomic mass is 9.84. The number of rotatable bonds is 5. The second-order valence-electron chi connectivity index (χ2n) is 6.34. The van der Waals surface area contributed by atoms with E-state index in [1.165, 1.54) is 5.56 Å².